The van der Waals surface area contributed by atoms with Crippen LogP contribution in [0.1, 0.15) is 50.8 Å². The molecule has 3 heteroatoms. The van der Waals surface area contributed by atoms with Gasteiger partial charge in [-0.05, 0) is 50.4 Å². The fourth-order valence-electron chi connectivity index (χ4n) is 3.03. The van der Waals surface area contributed by atoms with E-state index in [2.05, 4.69) is 36.2 Å². The van der Waals surface area contributed by atoms with Crippen molar-refractivity contribution in [2.45, 2.75) is 58.5 Å². The first-order chi connectivity index (χ1) is 9.28. The van der Waals surface area contributed by atoms with E-state index in [-0.39, 0.29) is 0 Å². The number of nitrogens with one attached hydrogen (secondary N) is 1. The normalized spacial score (nSPS) is 19.1. The maximum atomic E-state index is 4.88. The Balaban J connectivity index is 2.27. The Morgan fingerprint density at radius 1 is 1.37 bits per heavy atom. The highest BCUT2D eigenvalue weighted by atomic mass is 15.2. The Kier molecular flexibility index (Phi) is 5.20. The number of nitrogens with zero attached hydrogens (tertiary/aromatic N) is 2. The van der Waals surface area contributed by atoms with Gasteiger partial charge in [0.1, 0.15) is 5.82 Å². The van der Waals surface area contributed by atoms with Crippen molar-refractivity contribution in [2.75, 3.05) is 18.5 Å². The average Bonchev–Trinajstić information content (AvgIpc) is 2.87. The van der Waals surface area contributed by atoms with Crippen LogP contribution in [-0.4, -0.2) is 24.6 Å². The van der Waals surface area contributed by atoms with Gasteiger partial charge in [-0.1, -0.05) is 20.3 Å². The van der Waals surface area contributed by atoms with Crippen LogP contribution in [0.2, 0.25) is 0 Å². The van der Waals surface area contributed by atoms with Crippen molar-refractivity contribution in [3.05, 3.63) is 23.4 Å². The fraction of sp³-hybridized carbons (Fsp3) is 0.688. The molecular formula is C16H27N3. The number of pyridine rings is 1. The van der Waals surface area contributed by atoms with E-state index in [0.29, 0.717) is 6.04 Å². The molecule has 1 aliphatic heterocycles. The summed E-state index contributed by atoms with van der Waals surface area (Å²) < 4.78 is 0. The lowest BCUT2D eigenvalue weighted by atomic mass is 10.1. The third kappa shape index (κ3) is 3.47. The van der Waals surface area contributed by atoms with Gasteiger partial charge >= 0.3 is 0 Å². The zero-order valence-electron chi connectivity index (χ0n) is 12.6. The van der Waals surface area contributed by atoms with Gasteiger partial charge in [-0.25, -0.2) is 4.98 Å². The van der Waals surface area contributed by atoms with Crippen molar-refractivity contribution in [1.29, 1.82) is 0 Å². The molecule has 0 aliphatic carbocycles. The standard InChI is InChI=1S/C16H27N3/c1-4-7-14-10-13(12-17-3)11-16(18-14)19-9-6-8-15(19)5-2/h10-11,15,17H,4-9,12H2,1-3H3. The maximum absolute atomic E-state index is 4.88. The third-order valence-electron chi connectivity index (χ3n) is 3.95. The second-order valence-electron chi connectivity index (χ2n) is 5.50. The van der Waals surface area contributed by atoms with Gasteiger partial charge in [0.25, 0.3) is 0 Å². The largest absolute Gasteiger partial charge is 0.354 e. The Morgan fingerprint density at radius 3 is 2.89 bits per heavy atom. The molecular weight excluding hydrogens is 234 g/mol. The topological polar surface area (TPSA) is 28.2 Å². The first-order valence-corrected chi connectivity index (χ1v) is 7.69. The Hall–Kier alpha value is -1.09. The molecule has 1 atom stereocenters. The van der Waals surface area contributed by atoms with Gasteiger partial charge in [0.15, 0.2) is 0 Å². The molecule has 19 heavy (non-hydrogen) atoms. The highest BCUT2D eigenvalue weighted by Gasteiger charge is 2.24. The van der Waals surface area contributed by atoms with E-state index < -0.39 is 0 Å². The summed E-state index contributed by atoms with van der Waals surface area (Å²) in [7, 11) is 2.00. The Labute approximate surface area is 117 Å². The zero-order valence-corrected chi connectivity index (χ0v) is 12.6. The van der Waals surface area contributed by atoms with Crippen LogP contribution in [0.4, 0.5) is 5.82 Å². The summed E-state index contributed by atoms with van der Waals surface area (Å²) in [6, 6.07) is 5.20. The van der Waals surface area contributed by atoms with Crippen LogP contribution >= 0.6 is 0 Å². The van der Waals surface area contributed by atoms with Crippen molar-refractivity contribution in [1.82, 2.24) is 10.3 Å². The predicted molar refractivity (Wildman–Crippen MR) is 81.7 cm³/mol. The van der Waals surface area contributed by atoms with Gasteiger partial charge in [0.2, 0.25) is 0 Å². The minimum Gasteiger partial charge on any atom is -0.354 e. The van der Waals surface area contributed by atoms with E-state index in [4.69, 9.17) is 4.98 Å². The van der Waals surface area contributed by atoms with E-state index >= 15 is 0 Å². The molecule has 2 rings (SSSR count). The molecule has 0 amide bonds. The molecule has 1 aliphatic rings. The summed E-state index contributed by atoms with van der Waals surface area (Å²) in [6.07, 6.45) is 6.08. The molecule has 0 saturated carbocycles. The second-order valence-corrected chi connectivity index (χ2v) is 5.50. The summed E-state index contributed by atoms with van der Waals surface area (Å²) in [4.78, 5) is 7.40. The molecule has 2 heterocycles. The molecule has 106 valence electrons. The molecule has 1 aromatic rings. The number of hydrogen-bond acceptors (Lipinski definition) is 3. The van der Waals surface area contributed by atoms with Crippen molar-refractivity contribution in [3.8, 4) is 0 Å². The molecule has 3 nitrogen and oxygen atoms in total. The quantitative estimate of drug-likeness (QED) is 0.852. The van der Waals surface area contributed by atoms with Gasteiger partial charge in [-0.3, -0.25) is 0 Å². The van der Waals surface area contributed by atoms with Crippen LogP contribution in [0.5, 0.6) is 0 Å². The van der Waals surface area contributed by atoms with Gasteiger partial charge in [-0.15, -0.1) is 0 Å². The second kappa shape index (κ2) is 6.90. The lowest BCUT2D eigenvalue weighted by Gasteiger charge is -2.26. The van der Waals surface area contributed by atoms with Crippen LogP contribution in [-0.2, 0) is 13.0 Å². The van der Waals surface area contributed by atoms with Crippen LogP contribution in [0.25, 0.3) is 0 Å². The highest BCUT2D eigenvalue weighted by Crippen LogP contribution is 2.27. The van der Waals surface area contributed by atoms with E-state index in [1.165, 1.54) is 42.9 Å². The number of hydrogen-bond donors (Lipinski definition) is 1. The first kappa shape index (κ1) is 14.3. The highest BCUT2D eigenvalue weighted by molar-refractivity contribution is 5.45. The SMILES string of the molecule is CCCc1cc(CNC)cc(N2CCCC2CC)n1. The van der Waals surface area contributed by atoms with Gasteiger partial charge in [0.05, 0.1) is 0 Å². The van der Waals surface area contributed by atoms with Crippen molar-refractivity contribution < 1.29 is 0 Å². The first-order valence-electron chi connectivity index (χ1n) is 7.69. The van der Waals surface area contributed by atoms with E-state index in [1.54, 1.807) is 0 Å². The molecule has 1 unspecified atom stereocenters. The van der Waals surface area contributed by atoms with Crippen LogP contribution < -0.4 is 10.2 Å². The van der Waals surface area contributed by atoms with Gasteiger partial charge in [-0.2, -0.15) is 0 Å². The molecule has 0 bridgehead atoms. The van der Waals surface area contributed by atoms with E-state index in [1.807, 2.05) is 7.05 Å². The number of aryl methyl sites for hydroxylation is 1. The molecule has 0 spiro atoms. The van der Waals surface area contributed by atoms with Crippen LogP contribution in [0, 0.1) is 0 Å². The van der Waals surface area contributed by atoms with Crippen LogP contribution in [0.3, 0.4) is 0 Å². The van der Waals surface area contributed by atoms with Crippen LogP contribution in [0.15, 0.2) is 12.1 Å². The van der Waals surface area contributed by atoms with Gasteiger partial charge in [0, 0.05) is 24.8 Å². The lowest BCUT2D eigenvalue weighted by Crippen LogP contribution is -2.29. The van der Waals surface area contributed by atoms with Crippen molar-refractivity contribution >= 4 is 5.82 Å². The number of anilines is 1. The van der Waals surface area contributed by atoms with Gasteiger partial charge < -0.3 is 10.2 Å². The molecule has 1 N–H and O–H groups in total. The summed E-state index contributed by atoms with van der Waals surface area (Å²) in [6.45, 7) is 6.60. The molecule has 0 aromatic carbocycles. The third-order valence-corrected chi connectivity index (χ3v) is 3.95. The summed E-state index contributed by atoms with van der Waals surface area (Å²) in [5.41, 5.74) is 2.60. The zero-order chi connectivity index (χ0) is 13.7. The summed E-state index contributed by atoms with van der Waals surface area (Å²) in [5.74, 6) is 1.19. The fourth-order valence-corrected chi connectivity index (χ4v) is 3.03. The minimum absolute atomic E-state index is 0.687. The van der Waals surface area contributed by atoms with E-state index in [9.17, 15) is 0 Å². The van der Waals surface area contributed by atoms with Crippen molar-refractivity contribution in [3.63, 3.8) is 0 Å². The summed E-state index contributed by atoms with van der Waals surface area (Å²) in [5, 5.41) is 3.25. The lowest BCUT2D eigenvalue weighted by molar-refractivity contribution is 0.638. The average molecular weight is 261 g/mol. The van der Waals surface area contributed by atoms with Crippen molar-refractivity contribution in [2.24, 2.45) is 0 Å². The maximum Gasteiger partial charge on any atom is 0.129 e. The minimum atomic E-state index is 0.687. The predicted octanol–water partition coefficient (Wildman–Crippen LogP) is 3.13. The van der Waals surface area contributed by atoms with E-state index in [0.717, 1.165) is 19.4 Å². The molecule has 0 radical (unpaired) electrons. The number of aromatic nitrogens is 1. The Morgan fingerprint density at radius 2 is 2.21 bits per heavy atom. The Bertz CT molecular complexity index is 379. The monoisotopic (exact) mass is 261 g/mol. The number of rotatable bonds is 6. The summed E-state index contributed by atoms with van der Waals surface area (Å²) >= 11 is 0. The molecule has 1 fully saturated rings. The smallest absolute Gasteiger partial charge is 0.129 e. The molecule has 1 saturated heterocycles. The molecule has 1 aromatic heterocycles.